The Bertz CT molecular complexity index is 470. The predicted molar refractivity (Wildman–Crippen MR) is 65.9 cm³/mol. The van der Waals surface area contributed by atoms with E-state index in [1.165, 1.54) is 7.11 Å². The van der Waals surface area contributed by atoms with Crippen molar-refractivity contribution in [1.82, 2.24) is 4.57 Å². The molecule has 1 fully saturated rings. The second-order valence-corrected chi connectivity index (χ2v) is 4.98. The van der Waals surface area contributed by atoms with E-state index < -0.39 is 0 Å². The van der Waals surface area contributed by atoms with Crippen LogP contribution < -0.4 is 5.73 Å². The molecule has 94 valence electrons. The first-order valence-corrected chi connectivity index (χ1v) is 5.96. The molecule has 0 saturated heterocycles. The molecule has 0 bridgehead atoms. The van der Waals surface area contributed by atoms with Crippen molar-refractivity contribution in [3.8, 4) is 0 Å². The summed E-state index contributed by atoms with van der Waals surface area (Å²) in [6.45, 7) is 3.95. The van der Waals surface area contributed by atoms with Gasteiger partial charge in [0.1, 0.15) is 0 Å². The van der Waals surface area contributed by atoms with Crippen LogP contribution in [0.5, 0.6) is 0 Å². The van der Waals surface area contributed by atoms with Gasteiger partial charge in [0.05, 0.1) is 12.7 Å². The third-order valence-electron chi connectivity index (χ3n) is 4.11. The Balaban J connectivity index is 2.64. The number of nitrogens with two attached hydrogens (primary N) is 1. The van der Waals surface area contributed by atoms with Crippen molar-refractivity contribution in [3.05, 3.63) is 22.5 Å². The molecule has 4 heteroatoms. The van der Waals surface area contributed by atoms with E-state index in [1.807, 2.05) is 25.5 Å². The number of nitrogens with zero attached hydrogens (tertiary/aromatic N) is 1. The fourth-order valence-corrected chi connectivity index (χ4v) is 2.72. The smallest absolute Gasteiger partial charge is 0.340 e. The summed E-state index contributed by atoms with van der Waals surface area (Å²) in [7, 11) is 3.38. The maximum absolute atomic E-state index is 11.9. The lowest BCUT2D eigenvalue weighted by Gasteiger charge is -2.39. The normalized spacial score (nSPS) is 17.7. The van der Waals surface area contributed by atoms with Gasteiger partial charge in [-0.1, -0.05) is 0 Å². The molecule has 1 aliphatic rings. The number of hydrogen-bond donors (Lipinski definition) is 1. The van der Waals surface area contributed by atoms with Crippen molar-refractivity contribution < 1.29 is 9.53 Å². The summed E-state index contributed by atoms with van der Waals surface area (Å²) in [6.07, 6.45) is 3.02. The van der Waals surface area contributed by atoms with Gasteiger partial charge in [0.2, 0.25) is 0 Å². The number of carbonyl (C=O) groups is 1. The van der Waals surface area contributed by atoms with Crippen LogP contribution in [0.2, 0.25) is 0 Å². The highest BCUT2D eigenvalue weighted by atomic mass is 16.5. The minimum atomic E-state index is -0.334. The van der Waals surface area contributed by atoms with Gasteiger partial charge < -0.3 is 15.0 Å². The lowest BCUT2D eigenvalue weighted by molar-refractivity contribution is 0.0594. The molecule has 0 atom stereocenters. The van der Waals surface area contributed by atoms with Crippen LogP contribution in [-0.4, -0.2) is 17.6 Å². The van der Waals surface area contributed by atoms with Crippen molar-refractivity contribution >= 4 is 5.97 Å². The largest absolute Gasteiger partial charge is 0.465 e. The van der Waals surface area contributed by atoms with Crippen molar-refractivity contribution in [2.75, 3.05) is 7.11 Å². The minimum absolute atomic E-state index is 0.280. The van der Waals surface area contributed by atoms with Crippen molar-refractivity contribution in [2.45, 2.75) is 38.6 Å². The predicted octanol–water partition coefficient (Wildman–Crippen LogP) is 1.77. The van der Waals surface area contributed by atoms with E-state index >= 15 is 0 Å². The quantitative estimate of drug-likeness (QED) is 0.796. The molecule has 2 N–H and O–H groups in total. The molecule has 1 heterocycles. The second-order valence-electron chi connectivity index (χ2n) is 4.98. The van der Waals surface area contributed by atoms with Gasteiger partial charge in [-0.2, -0.15) is 0 Å². The molecule has 0 aromatic carbocycles. The van der Waals surface area contributed by atoms with Crippen LogP contribution in [0, 0.1) is 13.8 Å². The number of aromatic nitrogens is 1. The lowest BCUT2D eigenvalue weighted by atomic mass is 9.71. The lowest BCUT2D eigenvalue weighted by Crippen LogP contribution is -2.44. The van der Waals surface area contributed by atoms with Gasteiger partial charge >= 0.3 is 5.97 Å². The zero-order valence-electron chi connectivity index (χ0n) is 11.0. The summed E-state index contributed by atoms with van der Waals surface area (Å²) < 4.78 is 6.90. The maximum Gasteiger partial charge on any atom is 0.340 e. The molecule has 1 aromatic heterocycles. The Morgan fingerprint density at radius 2 is 1.94 bits per heavy atom. The van der Waals surface area contributed by atoms with Crippen LogP contribution >= 0.6 is 0 Å². The Hall–Kier alpha value is -1.29. The highest BCUT2D eigenvalue weighted by molar-refractivity contribution is 5.93. The molecule has 0 unspecified atom stereocenters. The van der Waals surface area contributed by atoms with Crippen molar-refractivity contribution in [1.29, 1.82) is 0 Å². The third-order valence-corrected chi connectivity index (χ3v) is 4.11. The standard InChI is InChI=1S/C13H20N2O2/c1-8-10(12(16)17-4)11(9(2)15(8)3)13(14)6-5-7-13/h5-7,14H2,1-4H3. The molecule has 1 aromatic rings. The first-order chi connectivity index (χ1) is 7.92. The van der Waals surface area contributed by atoms with E-state index in [0.717, 1.165) is 36.2 Å². The average Bonchev–Trinajstić information content (AvgIpc) is 2.50. The van der Waals surface area contributed by atoms with E-state index in [-0.39, 0.29) is 11.5 Å². The van der Waals surface area contributed by atoms with Crippen molar-refractivity contribution in [3.63, 3.8) is 0 Å². The summed E-state index contributed by atoms with van der Waals surface area (Å²) in [5, 5.41) is 0. The zero-order chi connectivity index (χ0) is 12.8. The van der Waals surface area contributed by atoms with Crippen LogP contribution in [-0.2, 0) is 17.3 Å². The number of esters is 1. The number of ether oxygens (including phenoxy) is 1. The fraction of sp³-hybridized carbons (Fsp3) is 0.615. The van der Waals surface area contributed by atoms with E-state index in [9.17, 15) is 4.79 Å². The van der Waals surface area contributed by atoms with Gasteiger partial charge in [0.15, 0.2) is 0 Å². The highest BCUT2D eigenvalue weighted by Gasteiger charge is 2.41. The summed E-state index contributed by atoms with van der Waals surface area (Å²) in [5.41, 5.74) is 9.70. The fourth-order valence-electron chi connectivity index (χ4n) is 2.72. The van der Waals surface area contributed by atoms with Gasteiger partial charge in [0.25, 0.3) is 0 Å². The minimum Gasteiger partial charge on any atom is -0.465 e. The molecule has 1 aliphatic carbocycles. The van der Waals surface area contributed by atoms with Crippen LogP contribution in [0.15, 0.2) is 0 Å². The SMILES string of the molecule is COC(=O)c1c(C2(N)CCC2)c(C)n(C)c1C. The molecular weight excluding hydrogens is 216 g/mol. The van der Waals surface area contributed by atoms with Crippen LogP contribution in [0.3, 0.4) is 0 Å². The number of rotatable bonds is 2. The second kappa shape index (κ2) is 3.88. The third kappa shape index (κ3) is 1.59. The first kappa shape index (κ1) is 12.2. The molecule has 0 aliphatic heterocycles. The molecular formula is C13H20N2O2. The van der Waals surface area contributed by atoms with E-state index in [1.54, 1.807) is 0 Å². The van der Waals surface area contributed by atoms with Gasteiger partial charge in [0, 0.05) is 29.5 Å². The van der Waals surface area contributed by atoms with Gasteiger partial charge in [-0.15, -0.1) is 0 Å². The van der Waals surface area contributed by atoms with Crippen LogP contribution in [0.4, 0.5) is 0 Å². The monoisotopic (exact) mass is 236 g/mol. The first-order valence-electron chi connectivity index (χ1n) is 5.96. The average molecular weight is 236 g/mol. The molecule has 0 spiro atoms. The molecule has 2 rings (SSSR count). The highest BCUT2D eigenvalue weighted by Crippen LogP contribution is 2.43. The molecule has 4 nitrogen and oxygen atoms in total. The Labute approximate surface area is 102 Å². The summed E-state index contributed by atoms with van der Waals surface area (Å²) in [5.74, 6) is -0.280. The topological polar surface area (TPSA) is 57.2 Å². The summed E-state index contributed by atoms with van der Waals surface area (Å²) in [6, 6.07) is 0. The zero-order valence-corrected chi connectivity index (χ0v) is 11.0. The van der Waals surface area contributed by atoms with E-state index in [0.29, 0.717) is 5.56 Å². The van der Waals surface area contributed by atoms with Crippen molar-refractivity contribution in [2.24, 2.45) is 12.8 Å². The van der Waals surface area contributed by atoms with Gasteiger partial charge in [-0.25, -0.2) is 4.79 Å². The van der Waals surface area contributed by atoms with E-state index in [2.05, 4.69) is 0 Å². The molecule has 0 amide bonds. The summed E-state index contributed by atoms with van der Waals surface area (Å²) >= 11 is 0. The molecule has 1 saturated carbocycles. The summed E-state index contributed by atoms with van der Waals surface area (Å²) in [4.78, 5) is 11.9. The Morgan fingerprint density at radius 3 is 2.35 bits per heavy atom. The molecule has 0 radical (unpaired) electrons. The van der Waals surface area contributed by atoms with Gasteiger partial charge in [-0.05, 0) is 33.1 Å². The maximum atomic E-state index is 11.9. The number of carbonyl (C=O) groups excluding carboxylic acids is 1. The Kier molecular flexibility index (Phi) is 2.78. The van der Waals surface area contributed by atoms with Crippen LogP contribution in [0.1, 0.15) is 46.6 Å². The van der Waals surface area contributed by atoms with Gasteiger partial charge in [-0.3, -0.25) is 0 Å². The number of methoxy groups -OCH3 is 1. The molecule has 17 heavy (non-hydrogen) atoms. The van der Waals surface area contributed by atoms with E-state index in [4.69, 9.17) is 10.5 Å². The number of hydrogen-bond acceptors (Lipinski definition) is 3. The Morgan fingerprint density at radius 1 is 1.35 bits per heavy atom. The van der Waals surface area contributed by atoms with Crippen LogP contribution in [0.25, 0.3) is 0 Å².